The Morgan fingerprint density at radius 1 is 1.29 bits per heavy atom. The van der Waals surface area contributed by atoms with E-state index >= 15 is 0 Å². The molecule has 0 fully saturated rings. The lowest BCUT2D eigenvalue weighted by Gasteiger charge is -2.07. The SMILES string of the molecule is COc1cc(C(=O)NCCc2ccc(S(N)(=O)=O)cc2)cc(Cl)n1. The fourth-order valence-electron chi connectivity index (χ4n) is 1.98. The number of benzene rings is 1. The number of hydrogen-bond acceptors (Lipinski definition) is 5. The van der Waals surface area contributed by atoms with Crippen molar-refractivity contribution in [2.75, 3.05) is 13.7 Å². The van der Waals surface area contributed by atoms with Crippen LogP contribution in [0.1, 0.15) is 15.9 Å². The summed E-state index contributed by atoms with van der Waals surface area (Å²) in [4.78, 5) is 16.0. The Kier molecular flexibility index (Phi) is 5.76. The van der Waals surface area contributed by atoms with E-state index in [0.717, 1.165) is 5.56 Å². The number of nitrogens with zero attached hydrogens (tertiary/aromatic N) is 1. The highest BCUT2D eigenvalue weighted by Gasteiger charge is 2.10. The molecule has 7 nitrogen and oxygen atoms in total. The lowest BCUT2D eigenvalue weighted by molar-refractivity contribution is 0.0953. The minimum Gasteiger partial charge on any atom is -0.481 e. The third-order valence-electron chi connectivity index (χ3n) is 3.19. The van der Waals surface area contributed by atoms with E-state index in [0.29, 0.717) is 18.5 Å². The molecule has 1 aromatic heterocycles. The second-order valence-corrected chi connectivity index (χ2v) is 6.86. The van der Waals surface area contributed by atoms with Gasteiger partial charge in [0.1, 0.15) is 5.15 Å². The van der Waals surface area contributed by atoms with Crippen molar-refractivity contribution in [3.05, 3.63) is 52.7 Å². The van der Waals surface area contributed by atoms with Crippen LogP contribution in [-0.4, -0.2) is 33.0 Å². The van der Waals surface area contributed by atoms with Crippen LogP contribution in [-0.2, 0) is 16.4 Å². The van der Waals surface area contributed by atoms with Gasteiger partial charge >= 0.3 is 0 Å². The summed E-state index contributed by atoms with van der Waals surface area (Å²) in [5.74, 6) is -0.0509. The van der Waals surface area contributed by atoms with Gasteiger partial charge < -0.3 is 10.1 Å². The fraction of sp³-hybridized carbons (Fsp3) is 0.200. The topological polar surface area (TPSA) is 111 Å². The van der Waals surface area contributed by atoms with E-state index in [-0.39, 0.29) is 21.8 Å². The average Bonchev–Trinajstić information content (AvgIpc) is 2.53. The van der Waals surface area contributed by atoms with Crippen LogP contribution in [0.2, 0.25) is 5.15 Å². The summed E-state index contributed by atoms with van der Waals surface area (Å²) in [5, 5.41) is 7.95. The Bertz CT molecular complexity index is 838. The van der Waals surface area contributed by atoms with Crippen molar-refractivity contribution in [3.8, 4) is 5.88 Å². The number of carbonyl (C=O) groups is 1. The summed E-state index contributed by atoms with van der Waals surface area (Å²) in [5.41, 5.74) is 1.21. The lowest BCUT2D eigenvalue weighted by atomic mass is 10.1. The highest BCUT2D eigenvalue weighted by atomic mass is 35.5. The molecule has 9 heteroatoms. The number of nitrogens with two attached hydrogens (primary N) is 1. The van der Waals surface area contributed by atoms with Crippen molar-refractivity contribution in [1.29, 1.82) is 0 Å². The van der Waals surface area contributed by atoms with Gasteiger partial charge in [-0.15, -0.1) is 0 Å². The molecule has 1 amide bonds. The molecule has 0 aliphatic carbocycles. The van der Waals surface area contributed by atoms with Gasteiger partial charge in [0.05, 0.1) is 12.0 Å². The molecule has 0 atom stereocenters. The zero-order valence-corrected chi connectivity index (χ0v) is 14.4. The van der Waals surface area contributed by atoms with Crippen molar-refractivity contribution < 1.29 is 17.9 Å². The van der Waals surface area contributed by atoms with Crippen LogP contribution in [0.5, 0.6) is 5.88 Å². The van der Waals surface area contributed by atoms with Crippen LogP contribution in [0, 0.1) is 0 Å². The first-order valence-electron chi connectivity index (χ1n) is 6.91. The molecule has 0 aliphatic heterocycles. The number of nitrogens with one attached hydrogen (secondary N) is 1. The van der Waals surface area contributed by atoms with Crippen molar-refractivity contribution in [1.82, 2.24) is 10.3 Å². The third-order valence-corrected chi connectivity index (χ3v) is 4.32. The first-order chi connectivity index (χ1) is 11.3. The van der Waals surface area contributed by atoms with Crippen molar-refractivity contribution in [2.45, 2.75) is 11.3 Å². The highest BCUT2D eigenvalue weighted by molar-refractivity contribution is 7.89. The van der Waals surface area contributed by atoms with E-state index in [9.17, 15) is 13.2 Å². The van der Waals surface area contributed by atoms with E-state index < -0.39 is 10.0 Å². The summed E-state index contributed by atoms with van der Waals surface area (Å²) >= 11 is 5.82. The van der Waals surface area contributed by atoms with Crippen LogP contribution >= 0.6 is 11.6 Å². The number of sulfonamides is 1. The summed E-state index contributed by atoms with van der Waals surface area (Å²) < 4.78 is 27.3. The number of primary sulfonamides is 1. The van der Waals surface area contributed by atoms with Gasteiger partial charge in [-0.2, -0.15) is 0 Å². The molecular weight excluding hydrogens is 354 g/mol. The number of aromatic nitrogens is 1. The summed E-state index contributed by atoms with van der Waals surface area (Å²) in [6.45, 7) is 0.371. The molecule has 0 saturated heterocycles. The first kappa shape index (κ1) is 18.2. The van der Waals surface area contributed by atoms with Crippen molar-refractivity contribution in [2.24, 2.45) is 5.14 Å². The Labute approximate surface area is 144 Å². The first-order valence-corrected chi connectivity index (χ1v) is 8.83. The highest BCUT2D eigenvalue weighted by Crippen LogP contribution is 2.16. The molecular formula is C15H16ClN3O4S. The number of rotatable bonds is 6. The minimum atomic E-state index is -3.70. The van der Waals surface area contributed by atoms with Gasteiger partial charge in [-0.1, -0.05) is 23.7 Å². The van der Waals surface area contributed by atoms with Crippen LogP contribution in [0.25, 0.3) is 0 Å². The predicted molar refractivity (Wildman–Crippen MR) is 89.7 cm³/mol. The Balaban J connectivity index is 1.94. The number of methoxy groups -OCH3 is 1. The molecule has 1 aromatic carbocycles. The van der Waals surface area contributed by atoms with Gasteiger partial charge in [-0.05, 0) is 30.2 Å². The summed E-state index contributed by atoms with van der Waals surface area (Å²) in [6.07, 6.45) is 0.534. The monoisotopic (exact) mass is 369 g/mol. The maximum absolute atomic E-state index is 12.1. The molecule has 0 radical (unpaired) electrons. The third kappa shape index (κ3) is 4.92. The molecule has 0 unspecified atom stereocenters. The molecule has 24 heavy (non-hydrogen) atoms. The van der Waals surface area contributed by atoms with E-state index in [1.54, 1.807) is 12.1 Å². The quantitative estimate of drug-likeness (QED) is 0.747. The second-order valence-electron chi connectivity index (χ2n) is 4.92. The maximum Gasteiger partial charge on any atom is 0.251 e. The average molecular weight is 370 g/mol. The zero-order chi connectivity index (χ0) is 17.7. The number of ether oxygens (including phenoxy) is 1. The minimum absolute atomic E-state index is 0.0498. The lowest BCUT2D eigenvalue weighted by Crippen LogP contribution is -2.25. The van der Waals surface area contributed by atoms with Gasteiger partial charge in [-0.25, -0.2) is 18.5 Å². The summed E-state index contributed by atoms with van der Waals surface area (Å²) in [6, 6.07) is 9.10. The normalized spacial score (nSPS) is 11.1. The number of carbonyl (C=O) groups excluding carboxylic acids is 1. The fourth-order valence-corrected chi connectivity index (χ4v) is 2.69. The van der Waals surface area contributed by atoms with Gasteiger partial charge in [0.2, 0.25) is 15.9 Å². The molecule has 3 N–H and O–H groups in total. The summed E-state index contributed by atoms with van der Waals surface area (Å²) in [7, 11) is -2.26. The van der Waals surface area contributed by atoms with Gasteiger partial charge in [-0.3, -0.25) is 4.79 Å². The van der Waals surface area contributed by atoms with Crippen LogP contribution in [0.4, 0.5) is 0 Å². The maximum atomic E-state index is 12.1. The smallest absolute Gasteiger partial charge is 0.251 e. The van der Waals surface area contributed by atoms with E-state index in [2.05, 4.69) is 10.3 Å². The number of amides is 1. The van der Waals surface area contributed by atoms with Crippen LogP contribution in [0.15, 0.2) is 41.3 Å². The van der Waals surface area contributed by atoms with Crippen molar-refractivity contribution >= 4 is 27.5 Å². The molecule has 0 spiro atoms. The predicted octanol–water partition coefficient (Wildman–Crippen LogP) is 1.36. The Hall–Kier alpha value is -2.16. The molecule has 0 aliphatic rings. The van der Waals surface area contributed by atoms with Crippen molar-refractivity contribution in [3.63, 3.8) is 0 Å². The Morgan fingerprint density at radius 3 is 2.54 bits per heavy atom. The molecule has 0 bridgehead atoms. The van der Waals surface area contributed by atoms with E-state index in [1.807, 2.05) is 0 Å². The number of pyridine rings is 1. The molecule has 0 saturated carbocycles. The molecule has 128 valence electrons. The van der Waals surface area contributed by atoms with Gasteiger partial charge in [0.15, 0.2) is 0 Å². The standard InChI is InChI=1S/C15H16ClN3O4S/c1-23-14-9-11(8-13(16)19-14)15(20)18-7-6-10-2-4-12(5-3-10)24(17,21)22/h2-5,8-9H,6-7H2,1H3,(H,18,20)(H2,17,21,22). The van der Waals surface area contributed by atoms with Gasteiger partial charge in [0.25, 0.3) is 5.91 Å². The largest absolute Gasteiger partial charge is 0.481 e. The van der Waals surface area contributed by atoms with E-state index in [4.69, 9.17) is 21.5 Å². The van der Waals surface area contributed by atoms with Gasteiger partial charge in [0, 0.05) is 18.2 Å². The van der Waals surface area contributed by atoms with Crippen LogP contribution in [0.3, 0.4) is 0 Å². The zero-order valence-electron chi connectivity index (χ0n) is 12.8. The second kappa shape index (κ2) is 7.61. The number of hydrogen-bond donors (Lipinski definition) is 2. The van der Waals surface area contributed by atoms with E-state index in [1.165, 1.54) is 31.4 Å². The molecule has 2 rings (SSSR count). The van der Waals surface area contributed by atoms with Crippen LogP contribution < -0.4 is 15.2 Å². The Morgan fingerprint density at radius 2 is 1.96 bits per heavy atom. The molecule has 2 aromatic rings. The number of halogens is 1. The molecule has 1 heterocycles.